The van der Waals surface area contributed by atoms with Crippen molar-refractivity contribution in [3.8, 4) is 17.0 Å². The Morgan fingerprint density at radius 2 is 1.80 bits per heavy atom. The van der Waals surface area contributed by atoms with Crippen LogP contribution in [0.2, 0.25) is 0 Å². The van der Waals surface area contributed by atoms with Crippen molar-refractivity contribution in [2.75, 3.05) is 32.8 Å². The summed E-state index contributed by atoms with van der Waals surface area (Å²) in [5.74, 6) is 0.769. The van der Waals surface area contributed by atoms with Gasteiger partial charge in [-0.25, -0.2) is 9.78 Å². The smallest absolute Gasteiger partial charge is 0.409 e. The van der Waals surface area contributed by atoms with Crippen LogP contribution in [0.5, 0.6) is 5.75 Å². The number of benzene rings is 2. The van der Waals surface area contributed by atoms with Crippen LogP contribution in [-0.2, 0) is 11.3 Å². The van der Waals surface area contributed by atoms with Gasteiger partial charge < -0.3 is 25.2 Å². The van der Waals surface area contributed by atoms with Gasteiger partial charge in [-0.2, -0.15) is 0 Å². The number of β-amino-alcohol motifs (C(OH)–C–C–N with tert-alkyl or cyclic N) is 1. The average molecular weight is 561 g/mol. The molecule has 9 heteroatoms. The maximum absolute atomic E-state index is 13.4. The second-order valence-corrected chi connectivity index (χ2v) is 11.3. The van der Waals surface area contributed by atoms with Gasteiger partial charge in [0.25, 0.3) is 0 Å². The quantitative estimate of drug-likeness (QED) is 0.363. The number of rotatable bonds is 9. The Morgan fingerprint density at radius 1 is 1.07 bits per heavy atom. The molecule has 1 aromatic heterocycles. The van der Waals surface area contributed by atoms with E-state index in [1.807, 2.05) is 59.5 Å². The number of carbonyl (C=O) groups excluding carboxylic acids is 2. The number of nitrogens with zero attached hydrogens (tertiary/aromatic N) is 3. The maximum Gasteiger partial charge on any atom is 0.412 e. The van der Waals surface area contributed by atoms with E-state index >= 15 is 0 Å². The Hall–Kier alpha value is -3.53. The summed E-state index contributed by atoms with van der Waals surface area (Å²) in [7, 11) is 0. The van der Waals surface area contributed by atoms with E-state index in [0.717, 1.165) is 34.9 Å². The van der Waals surface area contributed by atoms with Gasteiger partial charge in [-0.05, 0) is 37.8 Å². The van der Waals surface area contributed by atoms with Crippen molar-refractivity contribution in [1.29, 1.82) is 0 Å². The molecule has 9 nitrogen and oxygen atoms in total. The van der Waals surface area contributed by atoms with E-state index in [4.69, 9.17) is 9.72 Å². The Morgan fingerprint density at radius 3 is 2.54 bits per heavy atom. The zero-order valence-electron chi connectivity index (χ0n) is 23.7. The number of hydrogen-bond donors (Lipinski definition) is 3. The van der Waals surface area contributed by atoms with Gasteiger partial charge in [-0.1, -0.05) is 61.7 Å². The summed E-state index contributed by atoms with van der Waals surface area (Å²) in [6.45, 7) is 3.25. The van der Waals surface area contributed by atoms with E-state index in [1.54, 1.807) is 4.90 Å². The summed E-state index contributed by atoms with van der Waals surface area (Å²) in [5, 5.41) is 22.9. The highest BCUT2D eigenvalue weighted by atomic mass is 16.6. The number of hydrogen-bond acceptors (Lipinski definition) is 7. The van der Waals surface area contributed by atoms with Crippen molar-refractivity contribution in [2.45, 2.75) is 57.7 Å². The van der Waals surface area contributed by atoms with Crippen LogP contribution in [0.4, 0.5) is 4.79 Å². The lowest BCUT2D eigenvalue weighted by Crippen LogP contribution is -2.52. The summed E-state index contributed by atoms with van der Waals surface area (Å²) in [5.41, 5.74) is 3.06. The van der Waals surface area contributed by atoms with Gasteiger partial charge in [0.05, 0.1) is 30.5 Å². The number of ether oxygens (including phenoxy) is 1. The Kier molecular flexibility index (Phi) is 9.49. The Labute approximate surface area is 241 Å². The highest BCUT2D eigenvalue weighted by Crippen LogP contribution is 2.37. The van der Waals surface area contributed by atoms with Crippen LogP contribution in [0.1, 0.15) is 44.6 Å². The molecule has 0 bridgehead atoms. The van der Waals surface area contributed by atoms with E-state index in [2.05, 4.69) is 12.2 Å². The Bertz CT molecular complexity index is 1340. The van der Waals surface area contributed by atoms with Crippen LogP contribution in [0.15, 0.2) is 54.6 Å². The number of piperazine rings is 1. The third kappa shape index (κ3) is 7.04. The molecule has 3 N–H and O–H groups in total. The maximum atomic E-state index is 13.4. The summed E-state index contributed by atoms with van der Waals surface area (Å²) in [6.07, 6.45) is 4.40. The third-order valence-corrected chi connectivity index (χ3v) is 8.31. The first-order valence-electron chi connectivity index (χ1n) is 14.7. The third-order valence-electron chi connectivity index (χ3n) is 8.31. The second-order valence-electron chi connectivity index (χ2n) is 11.3. The summed E-state index contributed by atoms with van der Waals surface area (Å²) >= 11 is 0. The van der Waals surface area contributed by atoms with Crippen LogP contribution in [0, 0.1) is 5.92 Å². The number of para-hydroxylation sites is 1. The number of aliphatic hydroxyl groups excluding tert-OH is 2. The lowest BCUT2D eigenvalue weighted by atomic mass is 9.85. The molecule has 5 rings (SSSR count). The zero-order valence-corrected chi connectivity index (χ0v) is 23.7. The number of aromatic nitrogens is 1. The second kappa shape index (κ2) is 13.4. The van der Waals surface area contributed by atoms with Gasteiger partial charge in [-0.15, -0.1) is 0 Å². The predicted molar refractivity (Wildman–Crippen MR) is 157 cm³/mol. The van der Waals surface area contributed by atoms with Crippen LogP contribution >= 0.6 is 0 Å². The molecule has 1 aliphatic heterocycles. The van der Waals surface area contributed by atoms with Gasteiger partial charge in [0, 0.05) is 48.7 Å². The molecule has 0 spiro atoms. The molecule has 218 valence electrons. The first kappa shape index (κ1) is 29.0. The molecule has 2 fully saturated rings. The zero-order chi connectivity index (χ0) is 28.8. The number of fused-ring (bicyclic) bond motifs is 1. The molecule has 3 aromatic rings. The van der Waals surface area contributed by atoms with Crippen LogP contribution < -0.4 is 10.1 Å². The molecular formula is C32H40N4O5. The van der Waals surface area contributed by atoms with E-state index in [9.17, 15) is 19.8 Å². The van der Waals surface area contributed by atoms with Crippen molar-refractivity contribution in [2.24, 2.45) is 5.92 Å². The molecular weight excluding hydrogens is 520 g/mol. The fourth-order valence-corrected chi connectivity index (χ4v) is 6.00. The van der Waals surface area contributed by atoms with E-state index in [0.29, 0.717) is 37.0 Å². The molecule has 0 radical (unpaired) electrons. The molecule has 1 aliphatic carbocycles. The number of nitrogens with one attached hydrogen (secondary N) is 1. The van der Waals surface area contributed by atoms with Crippen molar-refractivity contribution in [3.63, 3.8) is 0 Å². The lowest BCUT2D eigenvalue weighted by molar-refractivity contribution is -0.138. The van der Waals surface area contributed by atoms with Crippen LogP contribution in [-0.4, -0.2) is 81.9 Å². The molecule has 2 heterocycles. The van der Waals surface area contributed by atoms with Crippen molar-refractivity contribution < 1.29 is 24.5 Å². The molecule has 2 atom stereocenters. The molecule has 0 unspecified atom stereocenters. The number of aliphatic hydroxyl groups is 2. The molecule has 1 saturated heterocycles. The number of amides is 2. The summed E-state index contributed by atoms with van der Waals surface area (Å²) in [4.78, 5) is 34.9. The van der Waals surface area contributed by atoms with Gasteiger partial charge in [0.15, 0.2) is 0 Å². The molecule has 2 amide bonds. The largest absolute Gasteiger partial charge is 0.412 e. The van der Waals surface area contributed by atoms with E-state index in [1.165, 1.54) is 19.3 Å². The summed E-state index contributed by atoms with van der Waals surface area (Å²) < 4.78 is 6.17. The minimum atomic E-state index is -0.964. The molecule has 41 heavy (non-hydrogen) atoms. The lowest BCUT2D eigenvalue weighted by Gasteiger charge is -2.35. The standard InChI is InChI=1S/C32H40N4O5/c1-22(23-10-4-2-5-11-23)33-32(40)41-31-26-14-8-9-15-28(26)34-30(24-12-6-3-7-13-24)27(31)19-35-16-17-36(29(39)20-35)18-25(38)21-37/h3,6-9,12-15,22-23,25,37-38H,2,4-5,10-11,16-21H2,1H3,(H,33,40)/t22-,25-/m0/s1. The average Bonchev–Trinajstić information content (AvgIpc) is 3.00. The number of pyridine rings is 1. The predicted octanol–water partition coefficient (Wildman–Crippen LogP) is 3.96. The molecule has 2 aliphatic rings. The highest BCUT2D eigenvalue weighted by molar-refractivity contribution is 5.92. The fraction of sp³-hybridized carbons (Fsp3) is 0.469. The minimum absolute atomic E-state index is 0.00733. The van der Waals surface area contributed by atoms with Gasteiger partial charge in [0.2, 0.25) is 5.91 Å². The monoisotopic (exact) mass is 560 g/mol. The number of carbonyl (C=O) groups is 2. The fourth-order valence-electron chi connectivity index (χ4n) is 6.00. The minimum Gasteiger partial charge on any atom is -0.409 e. The SMILES string of the molecule is C[C@H](NC(=O)Oc1c(CN2CCN(C[C@H](O)CO)C(=O)C2)c(-c2ccccc2)nc2ccccc12)C1CCCCC1. The molecule has 1 saturated carbocycles. The first-order valence-corrected chi connectivity index (χ1v) is 14.7. The van der Waals surface area contributed by atoms with E-state index in [-0.39, 0.29) is 25.0 Å². The summed E-state index contributed by atoms with van der Waals surface area (Å²) in [6, 6.07) is 17.5. The van der Waals surface area contributed by atoms with Gasteiger partial charge >= 0.3 is 6.09 Å². The van der Waals surface area contributed by atoms with E-state index < -0.39 is 18.8 Å². The van der Waals surface area contributed by atoms with Gasteiger partial charge in [-0.3, -0.25) is 9.69 Å². The van der Waals surface area contributed by atoms with Crippen LogP contribution in [0.25, 0.3) is 22.2 Å². The normalized spacial score (nSPS) is 18.3. The molecule has 2 aromatic carbocycles. The first-order chi connectivity index (χ1) is 19.9. The Balaban J connectivity index is 1.47. The highest BCUT2D eigenvalue weighted by Gasteiger charge is 2.29. The topological polar surface area (TPSA) is 115 Å². The van der Waals surface area contributed by atoms with Crippen LogP contribution in [0.3, 0.4) is 0 Å². The van der Waals surface area contributed by atoms with Crippen molar-refractivity contribution in [1.82, 2.24) is 20.1 Å². The van der Waals surface area contributed by atoms with Gasteiger partial charge in [0.1, 0.15) is 5.75 Å². The van der Waals surface area contributed by atoms with Crippen molar-refractivity contribution >= 4 is 22.9 Å². The van der Waals surface area contributed by atoms with Crippen molar-refractivity contribution in [3.05, 3.63) is 60.2 Å².